The molecule has 10 heteroatoms. The topological polar surface area (TPSA) is 107 Å². The molecule has 0 spiro atoms. The first kappa shape index (κ1) is 26.8. The van der Waals surface area contributed by atoms with Crippen LogP contribution >= 0.6 is 0 Å². The summed E-state index contributed by atoms with van der Waals surface area (Å²) in [5.74, 6) is -2.82. The Kier molecular flexibility index (Phi) is 10.5. The Bertz CT molecular complexity index is 984. The van der Waals surface area contributed by atoms with Crippen LogP contribution in [-0.2, 0) is 23.8 Å². The van der Waals surface area contributed by atoms with E-state index in [-0.39, 0.29) is 48.7 Å². The Hall–Kier alpha value is -3.45. The Morgan fingerprint density at radius 3 is 2.24 bits per heavy atom. The standard InChI is InChI=1S/C24H28F2N2O6/c1-4-11-31-13-14-33-23(30)20-16(3)28-15(2)19(22(29)32-12-7-10-27)21(20)17-8-5-6-9-18(17)34-24(25)26/h5-6,8-9,21,24,28H,4,7,11-14H2,1-3H3. The van der Waals surface area contributed by atoms with E-state index in [9.17, 15) is 18.4 Å². The number of nitrogens with zero attached hydrogens (tertiary/aromatic N) is 1. The number of rotatable bonds is 12. The maximum Gasteiger partial charge on any atom is 0.387 e. The van der Waals surface area contributed by atoms with Crippen LogP contribution in [0.3, 0.4) is 0 Å². The van der Waals surface area contributed by atoms with Crippen molar-refractivity contribution in [2.45, 2.75) is 46.1 Å². The van der Waals surface area contributed by atoms with E-state index in [0.717, 1.165) is 6.42 Å². The summed E-state index contributed by atoms with van der Waals surface area (Å²) in [6, 6.07) is 7.78. The first-order valence-electron chi connectivity index (χ1n) is 10.8. The molecule has 0 bridgehead atoms. The van der Waals surface area contributed by atoms with Crippen LogP contribution in [0.5, 0.6) is 5.75 Å². The Morgan fingerprint density at radius 2 is 1.65 bits per heavy atom. The maximum absolute atomic E-state index is 13.1. The molecule has 0 radical (unpaired) electrons. The largest absolute Gasteiger partial charge is 0.461 e. The first-order chi connectivity index (χ1) is 16.3. The van der Waals surface area contributed by atoms with Crippen LogP contribution in [0, 0.1) is 11.3 Å². The second-order valence-corrected chi connectivity index (χ2v) is 7.34. The van der Waals surface area contributed by atoms with E-state index in [1.54, 1.807) is 19.9 Å². The van der Waals surface area contributed by atoms with Gasteiger partial charge in [0.15, 0.2) is 0 Å². The molecule has 0 saturated heterocycles. The van der Waals surface area contributed by atoms with E-state index in [4.69, 9.17) is 19.5 Å². The second kappa shape index (κ2) is 13.3. The molecule has 1 atom stereocenters. The van der Waals surface area contributed by atoms with Gasteiger partial charge in [-0.05, 0) is 26.3 Å². The van der Waals surface area contributed by atoms with Gasteiger partial charge in [-0.2, -0.15) is 14.0 Å². The minimum atomic E-state index is -3.12. The number of allylic oxidation sites excluding steroid dienone is 2. The van der Waals surface area contributed by atoms with Crippen molar-refractivity contribution in [3.05, 3.63) is 52.4 Å². The van der Waals surface area contributed by atoms with Crippen molar-refractivity contribution < 1.29 is 37.3 Å². The molecular formula is C24H28F2N2O6. The molecule has 184 valence electrons. The van der Waals surface area contributed by atoms with Gasteiger partial charge >= 0.3 is 18.6 Å². The number of nitriles is 1. The lowest BCUT2D eigenvalue weighted by Crippen LogP contribution is -2.33. The smallest absolute Gasteiger partial charge is 0.387 e. The average molecular weight is 478 g/mol. The van der Waals surface area contributed by atoms with Gasteiger partial charge in [0.1, 0.15) is 19.0 Å². The number of dihydropyridines is 1. The van der Waals surface area contributed by atoms with E-state index in [1.165, 1.54) is 18.2 Å². The number of esters is 2. The fourth-order valence-electron chi connectivity index (χ4n) is 3.55. The lowest BCUT2D eigenvalue weighted by Gasteiger charge is -2.31. The van der Waals surface area contributed by atoms with E-state index in [2.05, 4.69) is 10.1 Å². The molecule has 1 aliphatic rings. The maximum atomic E-state index is 13.1. The van der Waals surface area contributed by atoms with Crippen molar-refractivity contribution in [3.63, 3.8) is 0 Å². The van der Waals surface area contributed by atoms with Crippen LogP contribution in [0.2, 0.25) is 0 Å². The van der Waals surface area contributed by atoms with Gasteiger partial charge in [-0.3, -0.25) is 0 Å². The molecule has 2 rings (SSSR count). The predicted octanol–water partition coefficient (Wildman–Crippen LogP) is 3.95. The van der Waals surface area contributed by atoms with Gasteiger partial charge in [0.2, 0.25) is 0 Å². The Balaban J connectivity index is 2.49. The summed E-state index contributed by atoms with van der Waals surface area (Å²) in [7, 11) is 0. The van der Waals surface area contributed by atoms with Crippen LogP contribution in [0.1, 0.15) is 45.1 Å². The molecule has 1 aromatic rings. The minimum absolute atomic E-state index is 0.0250. The zero-order chi connectivity index (χ0) is 25.1. The first-order valence-corrected chi connectivity index (χ1v) is 10.8. The number of carbonyl (C=O) groups is 2. The van der Waals surface area contributed by atoms with Crippen molar-refractivity contribution in [1.82, 2.24) is 5.32 Å². The summed E-state index contributed by atoms with van der Waals surface area (Å²) >= 11 is 0. The SMILES string of the molecule is CCCOCCOC(=O)C1=C(C)NC(C)=C(C(=O)OCCC#N)C1c1ccccc1OC(F)F. The molecule has 0 aliphatic carbocycles. The number of halogens is 2. The summed E-state index contributed by atoms with van der Waals surface area (Å²) in [6.07, 6.45) is 0.787. The molecule has 1 aliphatic heterocycles. The molecule has 34 heavy (non-hydrogen) atoms. The Labute approximate surface area is 197 Å². The fraction of sp³-hybridized carbons (Fsp3) is 0.458. The predicted molar refractivity (Wildman–Crippen MR) is 118 cm³/mol. The highest BCUT2D eigenvalue weighted by Crippen LogP contribution is 2.43. The molecule has 1 N–H and O–H groups in total. The lowest BCUT2D eigenvalue weighted by molar-refractivity contribution is -0.141. The molecule has 0 aromatic heterocycles. The summed E-state index contributed by atoms with van der Waals surface area (Å²) in [5.41, 5.74) is 1.02. The molecule has 1 heterocycles. The molecule has 0 saturated carbocycles. The van der Waals surface area contributed by atoms with Crippen molar-refractivity contribution in [1.29, 1.82) is 5.26 Å². The van der Waals surface area contributed by atoms with E-state index in [0.29, 0.717) is 18.0 Å². The van der Waals surface area contributed by atoms with Crippen LogP contribution in [-0.4, -0.2) is 45.0 Å². The lowest BCUT2D eigenvalue weighted by atomic mass is 9.80. The van der Waals surface area contributed by atoms with E-state index in [1.807, 2.05) is 13.0 Å². The average Bonchev–Trinajstić information content (AvgIpc) is 2.78. The molecule has 1 unspecified atom stereocenters. The number of para-hydroxylation sites is 1. The molecular weight excluding hydrogens is 450 g/mol. The zero-order valence-electron chi connectivity index (χ0n) is 19.4. The number of hydrogen-bond acceptors (Lipinski definition) is 8. The van der Waals surface area contributed by atoms with Gasteiger partial charge in [-0.15, -0.1) is 0 Å². The highest BCUT2D eigenvalue weighted by molar-refractivity contribution is 6.00. The number of alkyl halides is 2. The van der Waals surface area contributed by atoms with Gasteiger partial charge in [0, 0.05) is 23.6 Å². The van der Waals surface area contributed by atoms with Crippen LogP contribution in [0.4, 0.5) is 8.78 Å². The van der Waals surface area contributed by atoms with Crippen molar-refractivity contribution >= 4 is 11.9 Å². The summed E-state index contributed by atoms with van der Waals surface area (Å²) in [6.45, 7) is 2.57. The third-order valence-electron chi connectivity index (χ3n) is 4.90. The highest BCUT2D eigenvalue weighted by Gasteiger charge is 2.39. The van der Waals surface area contributed by atoms with E-state index < -0.39 is 24.5 Å². The molecule has 8 nitrogen and oxygen atoms in total. The number of nitrogens with one attached hydrogen (secondary N) is 1. The number of benzene rings is 1. The number of carbonyl (C=O) groups excluding carboxylic acids is 2. The van der Waals surface area contributed by atoms with Crippen LogP contribution < -0.4 is 10.1 Å². The number of hydrogen-bond donors (Lipinski definition) is 1. The Morgan fingerprint density at radius 1 is 1.03 bits per heavy atom. The normalized spacial score (nSPS) is 15.6. The number of ether oxygens (including phenoxy) is 4. The highest BCUT2D eigenvalue weighted by atomic mass is 19.3. The fourth-order valence-corrected chi connectivity index (χ4v) is 3.55. The molecule has 0 fully saturated rings. The van der Waals surface area contributed by atoms with Gasteiger partial charge in [-0.25, -0.2) is 9.59 Å². The van der Waals surface area contributed by atoms with Gasteiger partial charge in [0.05, 0.1) is 36.2 Å². The summed E-state index contributed by atoms with van der Waals surface area (Å²) < 4.78 is 46.8. The quantitative estimate of drug-likeness (QED) is 0.356. The third kappa shape index (κ3) is 7.02. The van der Waals surface area contributed by atoms with Crippen LogP contribution in [0.15, 0.2) is 46.8 Å². The second-order valence-electron chi connectivity index (χ2n) is 7.34. The van der Waals surface area contributed by atoms with Gasteiger partial charge in [-0.1, -0.05) is 25.1 Å². The van der Waals surface area contributed by atoms with Gasteiger partial charge < -0.3 is 24.3 Å². The van der Waals surface area contributed by atoms with Gasteiger partial charge in [0.25, 0.3) is 0 Å². The summed E-state index contributed by atoms with van der Waals surface area (Å²) in [5, 5.41) is 11.7. The molecule has 0 amide bonds. The summed E-state index contributed by atoms with van der Waals surface area (Å²) in [4.78, 5) is 26.1. The van der Waals surface area contributed by atoms with Crippen molar-refractivity contribution in [2.75, 3.05) is 26.4 Å². The molecule has 1 aromatic carbocycles. The monoisotopic (exact) mass is 478 g/mol. The van der Waals surface area contributed by atoms with Crippen molar-refractivity contribution in [2.24, 2.45) is 0 Å². The third-order valence-corrected chi connectivity index (χ3v) is 4.90. The van der Waals surface area contributed by atoms with Crippen molar-refractivity contribution in [3.8, 4) is 11.8 Å². The zero-order valence-corrected chi connectivity index (χ0v) is 19.4. The van der Waals surface area contributed by atoms with E-state index >= 15 is 0 Å². The van der Waals surface area contributed by atoms with Crippen LogP contribution in [0.25, 0.3) is 0 Å². The minimum Gasteiger partial charge on any atom is -0.461 e.